The number of rotatable bonds is 10. The molecule has 3 aromatic heterocycles. The second kappa shape index (κ2) is 11.4. The van der Waals surface area contributed by atoms with Crippen LogP contribution >= 0.6 is 0 Å². The van der Waals surface area contributed by atoms with Crippen LogP contribution in [0.1, 0.15) is 26.7 Å². The zero-order valence-corrected chi connectivity index (χ0v) is 20.3. The Bertz CT molecular complexity index is 1140. The first-order valence-corrected chi connectivity index (χ1v) is 12.0. The van der Waals surface area contributed by atoms with Gasteiger partial charge in [0.1, 0.15) is 0 Å². The molecule has 0 radical (unpaired) electrons. The van der Waals surface area contributed by atoms with Gasteiger partial charge in [-0.25, -0.2) is 15.0 Å². The highest BCUT2D eigenvalue weighted by Crippen LogP contribution is 2.23. The van der Waals surface area contributed by atoms with Crippen LogP contribution in [-0.2, 0) is 11.3 Å². The Labute approximate surface area is 200 Å². The third kappa shape index (κ3) is 5.90. The molecule has 1 aliphatic rings. The Hall–Kier alpha value is -3.04. The van der Waals surface area contributed by atoms with E-state index in [0.29, 0.717) is 36.4 Å². The van der Waals surface area contributed by atoms with Crippen LogP contribution in [0.15, 0.2) is 35.4 Å². The first-order valence-electron chi connectivity index (χ1n) is 12.0. The summed E-state index contributed by atoms with van der Waals surface area (Å²) in [5, 5.41) is 3.26. The van der Waals surface area contributed by atoms with Gasteiger partial charge >= 0.3 is 0 Å². The van der Waals surface area contributed by atoms with Gasteiger partial charge < -0.3 is 19.4 Å². The lowest BCUT2D eigenvalue weighted by Gasteiger charge is -2.26. The Kier molecular flexibility index (Phi) is 8.08. The number of anilines is 1. The monoisotopic (exact) mass is 466 g/mol. The number of ether oxygens (including phenoxy) is 2. The second-order valence-electron chi connectivity index (χ2n) is 8.99. The highest BCUT2D eigenvalue weighted by molar-refractivity contribution is 5.78. The average molecular weight is 467 g/mol. The summed E-state index contributed by atoms with van der Waals surface area (Å²) < 4.78 is 12.4. The number of pyridine rings is 2. The van der Waals surface area contributed by atoms with Gasteiger partial charge in [-0.05, 0) is 30.9 Å². The average Bonchev–Trinajstić information content (AvgIpc) is 2.86. The van der Waals surface area contributed by atoms with Crippen molar-refractivity contribution in [2.75, 3.05) is 51.8 Å². The zero-order chi connectivity index (χ0) is 23.9. The number of fused-ring (bicyclic) bond motifs is 1. The summed E-state index contributed by atoms with van der Waals surface area (Å²) in [4.78, 5) is 29.2. The van der Waals surface area contributed by atoms with Crippen LogP contribution in [0.5, 0.6) is 5.88 Å². The number of hydrogen-bond donors (Lipinski definition) is 1. The van der Waals surface area contributed by atoms with E-state index >= 15 is 0 Å². The topological polar surface area (TPSA) is 94.4 Å². The fraction of sp³-hybridized carbons (Fsp3) is 0.520. The molecule has 0 amide bonds. The van der Waals surface area contributed by atoms with Crippen molar-refractivity contribution in [3.63, 3.8) is 0 Å². The quantitative estimate of drug-likeness (QED) is 0.487. The molecule has 1 saturated heterocycles. The number of aryl methyl sites for hydroxylation is 1. The molecular formula is C25H34N6O3. The van der Waals surface area contributed by atoms with E-state index in [9.17, 15) is 4.79 Å². The van der Waals surface area contributed by atoms with Crippen molar-refractivity contribution >= 4 is 17.0 Å². The summed E-state index contributed by atoms with van der Waals surface area (Å²) in [5.41, 5.74) is 2.98. The van der Waals surface area contributed by atoms with Gasteiger partial charge in [0.05, 0.1) is 25.8 Å². The van der Waals surface area contributed by atoms with Crippen molar-refractivity contribution in [3.05, 3.63) is 40.9 Å². The van der Waals surface area contributed by atoms with Crippen molar-refractivity contribution in [3.8, 4) is 17.0 Å². The third-order valence-corrected chi connectivity index (χ3v) is 6.07. The molecule has 34 heavy (non-hydrogen) atoms. The maximum absolute atomic E-state index is 13.4. The molecule has 1 N–H and O–H groups in total. The molecule has 9 heteroatoms. The highest BCUT2D eigenvalue weighted by Gasteiger charge is 2.15. The SMILES string of the molecule is COc1ccc(-c2cnc3nc(NCCN4CCOCC4)c(=O)n(CCCC(C)C)c3c2)cn1. The van der Waals surface area contributed by atoms with E-state index in [1.165, 1.54) is 0 Å². The molecule has 0 bridgehead atoms. The summed E-state index contributed by atoms with van der Waals surface area (Å²) in [6.07, 6.45) is 5.49. The number of aromatic nitrogens is 4. The summed E-state index contributed by atoms with van der Waals surface area (Å²) in [7, 11) is 1.59. The summed E-state index contributed by atoms with van der Waals surface area (Å²) in [6, 6.07) is 5.73. The van der Waals surface area contributed by atoms with E-state index in [1.54, 1.807) is 19.5 Å². The Morgan fingerprint density at radius 2 is 1.91 bits per heavy atom. The maximum Gasteiger partial charge on any atom is 0.293 e. The van der Waals surface area contributed by atoms with Crippen LogP contribution in [0.3, 0.4) is 0 Å². The highest BCUT2D eigenvalue weighted by atomic mass is 16.5. The maximum atomic E-state index is 13.4. The molecule has 4 rings (SSSR count). The van der Waals surface area contributed by atoms with E-state index in [0.717, 1.165) is 62.3 Å². The smallest absolute Gasteiger partial charge is 0.293 e. The minimum absolute atomic E-state index is 0.106. The van der Waals surface area contributed by atoms with Crippen molar-refractivity contribution in [1.29, 1.82) is 0 Å². The summed E-state index contributed by atoms with van der Waals surface area (Å²) in [6.45, 7) is 9.85. The predicted octanol–water partition coefficient (Wildman–Crippen LogP) is 3.04. The minimum Gasteiger partial charge on any atom is -0.481 e. The first-order chi connectivity index (χ1) is 16.5. The molecule has 0 unspecified atom stereocenters. The van der Waals surface area contributed by atoms with Crippen LogP contribution in [0.4, 0.5) is 5.82 Å². The molecule has 1 fully saturated rings. The Balaban J connectivity index is 1.62. The molecule has 0 aliphatic carbocycles. The van der Waals surface area contributed by atoms with Crippen LogP contribution in [0.2, 0.25) is 0 Å². The van der Waals surface area contributed by atoms with Crippen molar-refractivity contribution in [2.45, 2.75) is 33.2 Å². The van der Waals surface area contributed by atoms with E-state index in [-0.39, 0.29) is 5.56 Å². The van der Waals surface area contributed by atoms with E-state index in [4.69, 9.17) is 9.47 Å². The fourth-order valence-electron chi connectivity index (χ4n) is 4.10. The molecule has 9 nitrogen and oxygen atoms in total. The van der Waals surface area contributed by atoms with E-state index in [2.05, 4.69) is 39.0 Å². The fourth-order valence-corrected chi connectivity index (χ4v) is 4.10. The van der Waals surface area contributed by atoms with Crippen molar-refractivity contribution in [1.82, 2.24) is 24.4 Å². The zero-order valence-electron chi connectivity index (χ0n) is 20.3. The van der Waals surface area contributed by atoms with Gasteiger partial charge in [-0.1, -0.05) is 13.8 Å². The molecule has 3 aromatic rings. The van der Waals surface area contributed by atoms with Crippen LogP contribution in [-0.4, -0.2) is 70.9 Å². The van der Waals surface area contributed by atoms with Gasteiger partial charge in [0.2, 0.25) is 5.88 Å². The van der Waals surface area contributed by atoms with Crippen molar-refractivity contribution in [2.24, 2.45) is 5.92 Å². The lowest BCUT2D eigenvalue weighted by molar-refractivity contribution is 0.0398. The molecule has 4 heterocycles. The lowest BCUT2D eigenvalue weighted by Crippen LogP contribution is -2.39. The predicted molar refractivity (Wildman–Crippen MR) is 133 cm³/mol. The van der Waals surface area contributed by atoms with Gasteiger partial charge in [0, 0.05) is 62.3 Å². The van der Waals surface area contributed by atoms with E-state index in [1.807, 2.05) is 22.8 Å². The molecule has 0 spiro atoms. The van der Waals surface area contributed by atoms with Gasteiger partial charge in [-0.2, -0.15) is 0 Å². The second-order valence-corrected chi connectivity index (χ2v) is 8.99. The summed E-state index contributed by atoms with van der Waals surface area (Å²) >= 11 is 0. The largest absolute Gasteiger partial charge is 0.481 e. The van der Waals surface area contributed by atoms with Gasteiger partial charge in [-0.3, -0.25) is 9.69 Å². The van der Waals surface area contributed by atoms with Gasteiger partial charge in [0.25, 0.3) is 5.56 Å². The van der Waals surface area contributed by atoms with E-state index < -0.39 is 0 Å². The molecule has 182 valence electrons. The number of morpholine rings is 1. The van der Waals surface area contributed by atoms with Crippen LogP contribution in [0.25, 0.3) is 22.3 Å². The van der Waals surface area contributed by atoms with Crippen LogP contribution in [0, 0.1) is 5.92 Å². The normalized spacial score (nSPS) is 14.6. The molecular weight excluding hydrogens is 432 g/mol. The number of nitrogens with zero attached hydrogens (tertiary/aromatic N) is 5. The first kappa shape index (κ1) is 24.1. The number of hydrogen-bond acceptors (Lipinski definition) is 8. The van der Waals surface area contributed by atoms with Crippen LogP contribution < -0.4 is 15.6 Å². The Morgan fingerprint density at radius 3 is 2.62 bits per heavy atom. The lowest BCUT2D eigenvalue weighted by atomic mass is 10.1. The number of nitrogens with one attached hydrogen (secondary N) is 1. The third-order valence-electron chi connectivity index (χ3n) is 6.07. The van der Waals surface area contributed by atoms with Crippen molar-refractivity contribution < 1.29 is 9.47 Å². The molecule has 1 aliphatic heterocycles. The molecule has 0 saturated carbocycles. The minimum atomic E-state index is -0.106. The Morgan fingerprint density at radius 1 is 1.12 bits per heavy atom. The summed E-state index contributed by atoms with van der Waals surface area (Å²) in [5.74, 6) is 1.49. The molecule has 0 aromatic carbocycles. The number of methoxy groups -OCH3 is 1. The van der Waals surface area contributed by atoms with Gasteiger partial charge in [-0.15, -0.1) is 0 Å². The molecule has 0 atom stereocenters. The van der Waals surface area contributed by atoms with Gasteiger partial charge in [0.15, 0.2) is 11.5 Å². The standard InChI is InChI=1S/C25H34N6O3/c1-18(2)5-4-9-31-21-15-20(19-6-7-22(33-3)27-16-19)17-28-23(21)29-24(25(31)32)26-8-10-30-11-13-34-14-12-30/h6-7,15-18H,4-5,8-14H2,1-3H3,(H,26,28,29).